The van der Waals surface area contributed by atoms with Crippen molar-refractivity contribution in [2.24, 2.45) is 5.41 Å². The Morgan fingerprint density at radius 3 is 2.55 bits per heavy atom. The first-order valence-electron chi connectivity index (χ1n) is 11.0. The van der Waals surface area contributed by atoms with Crippen LogP contribution in [0.25, 0.3) is 22.4 Å². The van der Waals surface area contributed by atoms with Crippen molar-refractivity contribution < 1.29 is 18.6 Å². The fourth-order valence-electron chi connectivity index (χ4n) is 4.89. The number of aromatic nitrogens is 1. The molecule has 7 heteroatoms. The summed E-state index contributed by atoms with van der Waals surface area (Å²) in [5, 5.41) is 9.98. The molecule has 2 fully saturated rings. The van der Waals surface area contributed by atoms with E-state index in [1.54, 1.807) is 12.3 Å². The first kappa shape index (κ1) is 20.2. The van der Waals surface area contributed by atoms with Crippen LogP contribution < -0.4 is 9.47 Å². The van der Waals surface area contributed by atoms with E-state index in [0.29, 0.717) is 59.1 Å². The van der Waals surface area contributed by atoms with Gasteiger partial charge in [-0.05, 0) is 17.7 Å². The van der Waals surface area contributed by atoms with Crippen molar-refractivity contribution in [2.45, 2.75) is 6.54 Å². The number of ether oxygens (including phenoxy) is 3. The van der Waals surface area contributed by atoms with Crippen molar-refractivity contribution in [3.05, 3.63) is 65.6 Å². The molecule has 6 nitrogen and oxygen atoms in total. The molecule has 166 valence electrons. The van der Waals surface area contributed by atoms with Gasteiger partial charge in [0.15, 0.2) is 11.5 Å². The van der Waals surface area contributed by atoms with E-state index in [1.165, 1.54) is 6.07 Å². The number of rotatable bonds is 4. The largest absolute Gasteiger partial charge is 0.486 e. The maximum absolute atomic E-state index is 15.0. The number of pyridine rings is 1. The average molecular weight is 443 g/mol. The second kappa shape index (κ2) is 7.84. The molecule has 0 atom stereocenters. The molecule has 33 heavy (non-hydrogen) atoms. The lowest BCUT2D eigenvalue weighted by Gasteiger charge is -2.55. The van der Waals surface area contributed by atoms with Crippen LogP contribution in [0.1, 0.15) is 11.1 Å². The highest BCUT2D eigenvalue weighted by molar-refractivity contribution is 5.81. The van der Waals surface area contributed by atoms with Gasteiger partial charge in [0.2, 0.25) is 0 Å². The van der Waals surface area contributed by atoms with Crippen LogP contribution in [0.4, 0.5) is 4.39 Å². The molecule has 3 aliphatic rings. The molecule has 2 saturated heterocycles. The van der Waals surface area contributed by atoms with Crippen LogP contribution >= 0.6 is 0 Å². The van der Waals surface area contributed by atoms with Crippen molar-refractivity contribution in [2.75, 3.05) is 39.5 Å². The SMILES string of the molecule is N#Cc1c(-c2ccc3c(c2)OCCO3)cccc1-c1cc(F)c(CN2CC3(COC3)C2)cn1. The summed E-state index contributed by atoms with van der Waals surface area (Å²) in [6.45, 7) is 5.02. The average Bonchev–Trinajstić information content (AvgIpc) is 2.80. The Morgan fingerprint density at radius 1 is 1.03 bits per heavy atom. The number of hydrogen-bond donors (Lipinski definition) is 0. The normalized spacial score (nSPS) is 18.3. The zero-order valence-electron chi connectivity index (χ0n) is 18.0. The number of halogens is 1. The highest BCUT2D eigenvalue weighted by Gasteiger charge is 2.48. The molecule has 0 N–H and O–H groups in total. The minimum Gasteiger partial charge on any atom is -0.486 e. The Balaban J connectivity index is 1.29. The zero-order valence-corrected chi connectivity index (χ0v) is 18.0. The van der Waals surface area contributed by atoms with Gasteiger partial charge in [0.1, 0.15) is 25.1 Å². The van der Waals surface area contributed by atoms with Gasteiger partial charge in [0.05, 0.1) is 24.5 Å². The number of likely N-dealkylation sites (tertiary alicyclic amines) is 1. The number of nitriles is 1. The summed E-state index contributed by atoms with van der Waals surface area (Å²) in [7, 11) is 0. The van der Waals surface area contributed by atoms with Gasteiger partial charge >= 0.3 is 0 Å². The van der Waals surface area contributed by atoms with Crippen LogP contribution in [0.3, 0.4) is 0 Å². The first-order chi connectivity index (χ1) is 16.1. The van der Waals surface area contributed by atoms with Crippen LogP contribution in [0, 0.1) is 22.6 Å². The van der Waals surface area contributed by atoms with E-state index in [2.05, 4.69) is 16.0 Å². The monoisotopic (exact) mass is 443 g/mol. The minimum absolute atomic E-state index is 0.291. The van der Waals surface area contributed by atoms with Crippen LogP contribution in [-0.4, -0.2) is 49.4 Å². The molecule has 1 aromatic heterocycles. The third-order valence-electron chi connectivity index (χ3n) is 6.56. The molecule has 3 aromatic rings. The van der Waals surface area contributed by atoms with E-state index in [-0.39, 0.29) is 5.82 Å². The molecule has 3 aliphatic heterocycles. The maximum Gasteiger partial charge on any atom is 0.161 e. The van der Waals surface area contributed by atoms with Gasteiger partial charge in [-0.2, -0.15) is 5.26 Å². The molecule has 4 heterocycles. The van der Waals surface area contributed by atoms with Crippen molar-refractivity contribution in [1.29, 1.82) is 5.26 Å². The predicted octanol–water partition coefficient (Wildman–Crippen LogP) is 4.03. The van der Waals surface area contributed by atoms with Crippen LogP contribution in [-0.2, 0) is 11.3 Å². The summed E-state index contributed by atoms with van der Waals surface area (Å²) < 4.78 is 31.6. The smallest absolute Gasteiger partial charge is 0.161 e. The van der Waals surface area contributed by atoms with Crippen LogP contribution in [0.15, 0.2) is 48.7 Å². The third kappa shape index (κ3) is 3.52. The Morgan fingerprint density at radius 2 is 1.82 bits per heavy atom. The fraction of sp³-hybridized carbons (Fsp3) is 0.308. The van der Waals surface area contributed by atoms with E-state index >= 15 is 0 Å². The number of fused-ring (bicyclic) bond motifs is 1. The van der Waals surface area contributed by atoms with Gasteiger partial charge in [-0.3, -0.25) is 9.88 Å². The van der Waals surface area contributed by atoms with E-state index < -0.39 is 0 Å². The lowest BCUT2D eigenvalue weighted by Crippen LogP contribution is -2.65. The predicted molar refractivity (Wildman–Crippen MR) is 119 cm³/mol. The van der Waals surface area contributed by atoms with E-state index in [0.717, 1.165) is 37.4 Å². The highest BCUT2D eigenvalue weighted by atomic mass is 19.1. The third-order valence-corrected chi connectivity index (χ3v) is 6.56. The van der Waals surface area contributed by atoms with Gasteiger partial charge in [-0.15, -0.1) is 0 Å². The van der Waals surface area contributed by atoms with Crippen LogP contribution in [0.5, 0.6) is 11.5 Å². The highest BCUT2D eigenvalue weighted by Crippen LogP contribution is 2.39. The van der Waals surface area contributed by atoms with Gasteiger partial charge in [-0.25, -0.2) is 4.39 Å². The van der Waals surface area contributed by atoms with Crippen LogP contribution in [0.2, 0.25) is 0 Å². The molecule has 0 radical (unpaired) electrons. The summed E-state index contributed by atoms with van der Waals surface area (Å²) in [6, 6.07) is 14.9. The molecule has 0 aliphatic carbocycles. The maximum atomic E-state index is 15.0. The Labute approximate surface area is 191 Å². The number of nitrogens with zero attached hydrogens (tertiary/aromatic N) is 3. The van der Waals surface area contributed by atoms with Gasteiger partial charge < -0.3 is 14.2 Å². The lowest BCUT2D eigenvalue weighted by molar-refractivity contribution is -0.191. The molecule has 0 saturated carbocycles. The summed E-state index contributed by atoms with van der Waals surface area (Å²) in [4.78, 5) is 6.73. The van der Waals surface area contributed by atoms with Crippen molar-refractivity contribution in [1.82, 2.24) is 9.88 Å². The zero-order chi connectivity index (χ0) is 22.4. The number of hydrogen-bond acceptors (Lipinski definition) is 6. The second-order valence-electron chi connectivity index (χ2n) is 9.00. The quantitative estimate of drug-likeness (QED) is 0.607. The molecular formula is C26H22FN3O3. The lowest BCUT2D eigenvalue weighted by atomic mass is 9.78. The van der Waals surface area contributed by atoms with Gasteiger partial charge in [-0.1, -0.05) is 24.3 Å². The molecular weight excluding hydrogens is 421 g/mol. The van der Waals surface area contributed by atoms with E-state index in [9.17, 15) is 9.65 Å². The Hall–Kier alpha value is -3.47. The molecule has 0 unspecified atom stereocenters. The summed E-state index contributed by atoms with van der Waals surface area (Å²) in [5.41, 5.74) is 3.93. The molecule has 1 spiro atoms. The van der Waals surface area contributed by atoms with E-state index in [1.807, 2.05) is 30.3 Å². The van der Waals surface area contributed by atoms with Crippen molar-refractivity contribution in [3.63, 3.8) is 0 Å². The second-order valence-corrected chi connectivity index (χ2v) is 9.00. The summed E-state index contributed by atoms with van der Waals surface area (Å²) in [5.74, 6) is 1.04. The van der Waals surface area contributed by atoms with E-state index in [4.69, 9.17) is 14.2 Å². The van der Waals surface area contributed by atoms with Gasteiger partial charge in [0.25, 0.3) is 0 Å². The molecule has 0 bridgehead atoms. The van der Waals surface area contributed by atoms with Gasteiger partial charge in [0, 0.05) is 54.0 Å². The van der Waals surface area contributed by atoms with Crippen molar-refractivity contribution >= 4 is 0 Å². The molecule has 0 amide bonds. The fourth-order valence-corrected chi connectivity index (χ4v) is 4.89. The number of benzene rings is 2. The minimum atomic E-state index is -0.306. The Kier molecular flexibility index (Phi) is 4.79. The standard InChI is InChI=1S/C26H22FN3O3/c27-22-9-23(29-11-18(22)12-30-13-26(14-30)15-31-16-26)20-3-1-2-19(21(20)10-28)17-4-5-24-25(8-17)33-7-6-32-24/h1-5,8-9,11H,6-7,12-16H2. The molecule has 2 aromatic carbocycles. The summed E-state index contributed by atoms with van der Waals surface area (Å²) >= 11 is 0. The Bertz CT molecular complexity index is 1270. The molecule has 6 rings (SSSR count). The van der Waals surface area contributed by atoms with Crippen molar-refractivity contribution in [3.8, 4) is 40.0 Å². The topological polar surface area (TPSA) is 67.6 Å². The summed E-state index contributed by atoms with van der Waals surface area (Å²) in [6.07, 6.45) is 1.59. The first-order valence-corrected chi connectivity index (χ1v) is 11.0.